The number of amides is 2. The van der Waals surface area contributed by atoms with E-state index < -0.39 is 5.91 Å². The van der Waals surface area contributed by atoms with Crippen LogP contribution >= 0.6 is 11.8 Å². The minimum Gasteiger partial charge on any atom is -0.455 e. The Morgan fingerprint density at radius 1 is 1.36 bits per heavy atom. The van der Waals surface area contributed by atoms with Crippen molar-refractivity contribution >= 4 is 40.0 Å². The topological polar surface area (TPSA) is 72.2 Å². The minimum absolute atomic E-state index is 0.322. The van der Waals surface area contributed by atoms with Crippen molar-refractivity contribution in [3.8, 4) is 11.8 Å². The highest BCUT2D eigenvalue weighted by atomic mass is 32.2. The van der Waals surface area contributed by atoms with Gasteiger partial charge in [0.2, 0.25) is 0 Å². The molecular formula is C16H10N2O3S. The standard InChI is InChI=1S/C16H10N2O3S/c19-15-13(22-16(20)18-15)6-12-5-11-8-17-7-10(14(11)21-12)4-3-9-1-2-9/h5-9H,1-2H2,(H,18,19,20). The fourth-order valence-electron chi connectivity index (χ4n) is 2.10. The van der Waals surface area contributed by atoms with Crippen molar-refractivity contribution in [2.24, 2.45) is 5.92 Å². The van der Waals surface area contributed by atoms with Crippen molar-refractivity contribution in [3.05, 3.63) is 34.7 Å². The zero-order valence-corrected chi connectivity index (χ0v) is 12.2. The third-order valence-corrected chi connectivity index (χ3v) is 4.16. The molecule has 22 heavy (non-hydrogen) atoms. The summed E-state index contributed by atoms with van der Waals surface area (Å²) in [7, 11) is 0. The summed E-state index contributed by atoms with van der Waals surface area (Å²) in [6, 6.07) is 1.79. The van der Waals surface area contributed by atoms with E-state index in [-0.39, 0.29) is 5.24 Å². The van der Waals surface area contributed by atoms with E-state index in [4.69, 9.17) is 4.42 Å². The van der Waals surface area contributed by atoms with Gasteiger partial charge < -0.3 is 4.42 Å². The van der Waals surface area contributed by atoms with E-state index in [0.717, 1.165) is 35.6 Å². The summed E-state index contributed by atoms with van der Waals surface area (Å²) < 4.78 is 5.77. The molecule has 3 heterocycles. The van der Waals surface area contributed by atoms with Gasteiger partial charge in [0.25, 0.3) is 11.1 Å². The number of furan rings is 1. The molecule has 2 amide bonds. The van der Waals surface area contributed by atoms with Gasteiger partial charge in [0, 0.05) is 29.8 Å². The number of thioether (sulfide) groups is 1. The van der Waals surface area contributed by atoms with Crippen LogP contribution in [0.1, 0.15) is 24.2 Å². The molecule has 1 saturated carbocycles. The average molecular weight is 310 g/mol. The second-order valence-electron chi connectivity index (χ2n) is 5.15. The Balaban J connectivity index is 1.73. The Labute approximate surface area is 130 Å². The van der Waals surface area contributed by atoms with Gasteiger partial charge in [-0.2, -0.15) is 0 Å². The fraction of sp³-hybridized carbons (Fsp3) is 0.188. The second kappa shape index (κ2) is 5.04. The van der Waals surface area contributed by atoms with E-state index in [1.165, 1.54) is 0 Å². The molecule has 2 aliphatic rings. The van der Waals surface area contributed by atoms with Crippen LogP contribution in [-0.4, -0.2) is 16.1 Å². The molecule has 1 aliphatic heterocycles. The summed E-state index contributed by atoms with van der Waals surface area (Å²) >= 11 is 0.863. The van der Waals surface area contributed by atoms with E-state index in [1.807, 2.05) is 0 Å². The number of nitrogens with zero attached hydrogens (tertiary/aromatic N) is 1. The van der Waals surface area contributed by atoms with E-state index in [0.29, 0.717) is 22.2 Å². The molecule has 0 spiro atoms. The molecule has 0 atom stereocenters. The van der Waals surface area contributed by atoms with E-state index in [2.05, 4.69) is 22.1 Å². The molecule has 2 aromatic rings. The maximum absolute atomic E-state index is 11.6. The van der Waals surface area contributed by atoms with E-state index >= 15 is 0 Å². The molecule has 0 bridgehead atoms. The van der Waals surface area contributed by atoms with Crippen LogP contribution in [0.4, 0.5) is 4.79 Å². The van der Waals surface area contributed by atoms with E-state index in [9.17, 15) is 9.59 Å². The van der Waals surface area contributed by atoms with Gasteiger partial charge in [-0.15, -0.1) is 0 Å². The Morgan fingerprint density at radius 2 is 2.23 bits per heavy atom. The van der Waals surface area contributed by atoms with Crippen LogP contribution in [0.15, 0.2) is 27.8 Å². The normalized spacial score (nSPS) is 19.4. The first kappa shape index (κ1) is 13.2. The van der Waals surface area contributed by atoms with Gasteiger partial charge in [-0.25, -0.2) is 0 Å². The summed E-state index contributed by atoms with van der Waals surface area (Å²) in [6.45, 7) is 0. The summed E-state index contributed by atoms with van der Waals surface area (Å²) in [6.07, 6.45) is 7.25. The zero-order chi connectivity index (χ0) is 15.1. The van der Waals surface area contributed by atoms with Gasteiger partial charge >= 0.3 is 0 Å². The number of carbonyl (C=O) groups excluding carboxylic acids is 2. The molecule has 5 nitrogen and oxygen atoms in total. The summed E-state index contributed by atoms with van der Waals surface area (Å²) in [5.41, 5.74) is 1.40. The average Bonchev–Trinajstić information content (AvgIpc) is 3.14. The maximum Gasteiger partial charge on any atom is 0.290 e. The van der Waals surface area contributed by atoms with Gasteiger partial charge in [-0.3, -0.25) is 19.9 Å². The number of hydrogen-bond acceptors (Lipinski definition) is 5. The first-order chi connectivity index (χ1) is 10.7. The predicted molar refractivity (Wildman–Crippen MR) is 82.7 cm³/mol. The van der Waals surface area contributed by atoms with Crippen LogP contribution < -0.4 is 5.32 Å². The number of carbonyl (C=O) groups is 2. The second-order valence-corrected chi connectivity index (χ2v) is 6.16. The van der Waals surface area contributed by atoms with Crippen molar-refractivity contribution in [2.45, 2.75) is 12.8 Å². The van der Waals surface area contributed by atoms with Crippen LogP contribution in [0.2, 0.25) is 0 Å². The van der Waals surface area contributed by atoms with Crippen LogP contribution in [0.5, 0.6) is 0 Å². The number of fused-ring (bicyclic) bond motifs is 1. The molecule has 1 saturated heterocycles. The lowest BCUT2D eigenvalue weighted by molar-refractivity contribution is -0.115. The smallest absolute Gasteiger partial charge is 0.290 e. The molecule has 6 heteroatoms. The lowest BCUT2D eigenvalue weighted by atomic mass is 10.2. The maximum atomic E-state index is 11.6. The molecule has 1 aliphatic carbocycles. The third-order valence-electron chi connectivity index (χ3n) is 3.35. The van der Waals surface area contributed by atoms with Crippen LogP contribution in [0, 0.1) is 17.8 Å². The molecule has 1 N–H and O–H groups in total. The number of hydrogen-bond donors (Lipinski definition) is 1. The molecule has 2 aromatic heterocycles. The number of rotatable bonds is 1. The number of aromatic nitrogens is 1. The Bertz CT molecular complexity index is 897. The third kappa shape index (κ3) is 2.51. The number of nitrogens with one attached hydrogen (secondary N) is 1. The quantitative estimate of drug-likeness (QED) is 0.647. The minimum atomic E-state index is -0.401. The highest BCUT2D eigenvalue weighted by molar-refractivity contribution is 8.18. The Morgan fingerprint density at radius 3 is 2.95 bits per heavy atom. The monoisotopic (exact) mass is 310 g/mol. The van der Waals surface area contributed by atoms with Crippen molar-refractivity contribution in [1.82, 2.24) is 10.3 Å². The SMILES string of the molecule is O=C1NC(=O)C(=Cc2cc3cncc(C#CC4CC4)c3o2)S1. The number of imide groups is 1. The first-order valence-electron chi connectivity index (χ1n) is 6.83. The van der Waals surface area contributed by atoms with Crippen LogP contribution in [0.3, 0.4) is 0 Å². The molecule has 2 fully saturated rings. The van der Waals surface area contributed by atoms with Crippen molar-refractivity contribution in [1.29, 1.82) is 0 Å². The zero-order valence-electron chi connectivity index (χ0n) is 11.4. The van der Waals surface area contributed by atoms with Gasteiger partial charge in [-0.05, 0) is 30.7 Å². The summed E-state index contributed by atoms with van der Waals surface area (Å²) in [5.74, 6) is 6.89. The first-order valence-corrected chi connectivity index (χ1v) is 7.64. The number of pyridine rings is 1. The molecule has 0 radical (unpaired) electrons. The Hall–Kier alpha value is -2.52. The van der Waals surface area contributed by atoms with Crippen LogP contribution in [-0.2, 0) is 4.79 Å². The molecule has 108 valence electrons. The fourth-order valence-corrected chi connectivity index (χ4v) is 2.76. The lowest BCUT2D eigenvalue weighted by Crippen LogP contribution is -2.17. The van der Waals surface area contributed by atoms with Gasteiger partial charge in [0.15, 0.2) is 5.58 Å². The van der Waals surface area contributed by atoms with Gasteiger partial charge in [0.05, 0.1) is 10.5 Å². The van der Waals surface area contributed by atoms with Crippen molar-refractivity contribution in [3.63, 3.8) is 0 Å². The van der Waals surface area contributed by atoms with E-state index in [1.54, 1.807) is 24.5 Å². The van der Waals surface area contributed by atoms with Crippen molar-refractivity contribution < 1.29 is 14.0 Å². The predicted octanol–water partition coefficient (Wildman–Crippen LogP) is 2.91. The van der Waals surface area contributed by atoms with Crippen molar-refractivity contribution in [2.75, 3.05) is 0 Å². The van der Waals surface area contributed by atoms with Gasteiger partial charge in [0.1, 0.15) is 5.76 Å². The lowest BCUT2D eigenvalue weighted by Gasteiger charge is -1.91. The van der Waals surface area contributed by atoms with Crippen LogP contribution in [0.25, 0.3) is 17.0 Å². The summed E-state index contributed by atoms with van der Waals surface area (Å²) in [5, 5.41) is 2.67. The largest absolute Gasteiger partial charge is 0.455 e. The van der Waals surface area contributed by atoms with Gasteiger partial charge in [-0.1, -0.05) is 11.8 Å². The Kier molecular flexibility index (Phi) is 3.01. The summed E-state index contributed by atoms with van der Waals surface area (Å²) in [4.78, 5) is 27.2. The molecule has 4 rings (SSSR count). The highest BCUT2D eigenvalue weighted by Gasteiger charge is 2.25. The molecule has 0 unspecified atom stereocenters. The molecule has 0 aromatic carbocycles. The highest BCUT2D eigenvalue weighted by Crippen LogP contribution is 2.30. The molecular weight excluding hydrogens is 300 g/mol.